The van der Waals surface area contributed by atoms with E-state index < -0.39 is 36.4 Å². The standard InChI is InChI=1S/C19H25F3N4O2/c1-17(2)25(12-15(27)24-13-19(20,21)22)16(28)18(8-10-23-11-9-18)26(17)14-6-4-3-5-7-14/h3-7,23H,8-13H2,1-2H3,(H,24,27). The lowest BCUT2D eigenvalue weighted by atomic mass is 9.85. The quantitative estimate of drug-likeness (QED) is 0.813. The number of benzene rings is 1. The Balaban J connectivity index is 1.92. The Morgan fingerprint density at radius 3 is 2.36 bits per heavy atom. The summed E-state index contributed by atoms with van der Waals surface area (Å²) in [4.78, 5) is 29.1. The first-order valence-electron chi connectivity index (χ1n) is 9.30. The van der Waals surface area contributed by atoms with Gasteiger partial charge in [-0.15, -0.1) is 0 Å². The van der Waals surface area contributed by atoms with Crippen LogP contribution in [0.1, 0.15) is 26.7 Å². The number of para-hydroxylation sites is 1. The first-order valence-corrected chi connectivity index (χ1v) is 9.30. The van der Waals surface area contributed by atoms with Crippen LogP contribution in [0.2, 0.25) is 0 Å². The van der Waals surface area contributed by atoms with Crippen molar-refractivity contribution in [3.63, 3.8) is 0 Å². The molecule has 9 heteroatoms. The van der Waals surface area contributed by atoms with Crippen molar-refractivity contribution >= 4 is 17.5 Å². The molecule has 3 rings (SSSR count). The van der Waals surface area contributed by atoms with E-state index in [9.17, 15) is 22.8 Å². The highest BCUT2D eigenvalue weighted by Gasteiger charge is 2.61. The van der Waals surface area contributed by atoms with E-state index in [2.05, 4.69) is 5.32 Å². The zero-order valence-corrected chi connectivity index (χ0v) is 16.0. The first-order chi connectivity index (χ1) is 13.1. The molecule has 28 heavy (non-hydrogen) atoms. The lowest BCUT2D eigenvalue weighted by Crippen LogP contribution is -2.59. The summed E-state index contributed by atoms with van der Waals surface area (Å²) in [6.45, 7) is 3.13. The molecule has 2 N–H and O–H groups in total. The number of hydrogen-bond donors (Lipinski definition) is 2. The number of halogens is 3. The van der Waals surface area contributed by atoms with Gasteiger partial charge >= 0.3 is 6.18 Å². The average molecular weight is 398 g/mol. The molecule has 0 unspecified atom stereocenters. The minimum Gasteiger partial charge on any atom is -0.345 e. The minimum atomic E-state index is -4.49. The minimum absolute atomic E-state index is 0.218. The average Bonchev–Trinajstić information content (AvgIpc) is 2.78. The van der Waals surface area contributed by atoms with Crippen molar-refractivity contribution in [2.75, 3.05) is 31.1 Å². The summed E-state index contributed by atoms with van der Waals surface area (Å²) in [7, 11) is 0. The van der Waals surface area contributed by atoms with E-state index in [0.29, 0.717) is 25.9 Å². The van der Waals surface area contributed by atoms with Gasteiger partial charge in [0.05, 0.1) is 0 Å². The number of carbonyl (C=O) groups is 2. The predicted octanol–water partition coefficient (Wildman–Crippen LogP) is 1.87. The number of rotatable bonds is 4. The van der Waals surface area contributed by atoms with Crippen molar-refractivity contribution in [1.82, 2.24) is 15.5 Å². The molecule has 2 heterocycles. The van der Waals surface area contributed by atoms with Crippen molar-refractivity contribution in [2.24, 2.45) is 0 Å². The molecule has 1 aromatic carbocycles. The van der Waals surface area contributed by atoms with Crippen LogP contribution in [0.25, 0.3) is 0 Å². The number of amides is 2. The number of piperidine rings is 1. The molecule has 0 aromatic heterocycles. The van der Waals surface area contributed by atoms with E-state index in [0.717, 1.165) is 5.69 Å². The van der Waals surface area contributed by atoms with Crippen LogP contribution >= 0.6 is 0 Å². The Bertz CT molecular complexity index is 730. The van der Waals surface area contributed by atoms with Crippen LogP contribution in [0.3, 0.4) is 0 Å². The molecule has 0 saturated carbocycles. The lowest BCUT2D eigenvalue weighted by molar-refractivity contribution is -0.144. The van der Waals surface area contributed by atoms with E-state index >= 15 is 0 Å². The highest BCUT2D eigenvalue weighted by molar-refractivity contribution is 5.97. The lowest BCUT2D eigenvalue weighted by Gasteiger charge is -2.46. The Labute approximate surface area is 162 Å². The van der Waals surface area contributed by atoms with E-state index in [1.165, 1.54) is 4.90 Å². The second kappa shape index (κ2) is 7.27. The fourth-order valence-corrected chi connectivity index (χ4v) is 4.32. The third-order valence-electron chi connectivity index (χ3n) is 5.51. The van der Waals surface area contributed by atoms with Gasteiger partial charge in [0, 0.05) is 5.69 Å². The number of nitrogens with one attached hydrogen (secondary N) is 2. The monoisotopic (exact) mass is 398 g/mol. The number of anilines is 1. The molecule has 2 amide bonds. The SMILES string of the molecule is CC1(C)N(CC(=O)NCC(F)(F)F)C(=O)C2(CCNCC2)N1c1ccccc1. The molecule has 2 fully saturated rings. The van der Waals surface area contributed by atoms with Crippen molar-refractivity contribution in [1.29, 1.82) is 0 Å². The van der Waals surface area contributed by atoms with Crippen LogP contribution in [-0.4, -0.2) is 60.3 Å². The third-order valence-corrected chi connectivity index (χ3v) is 5.51. The van der Waals surface area contributed by atoms with Crippen molar-refractivity contribution in [3.8, 4) is 0 Å². The second-order valence-corrected chi connectivity index (χ2v) is 7.73. The van der Waals surface area contributed by atoms with Gasteiger partial charge in [0.15, 0.2) is 0 Å². The van der Waals surface area contributed by atoms with E-state index in [4.69, 9.17) is 0 Å². The molecular formula is C19H25F3N4O2. The van der Waals surface area contributed by atoms with Gasteiger partial charge in [-0.25, -0.2) is 0 Å². The Hall–Kier alpha value is -2.29. The van der Waals surface area contributed by atoms with Crippen LogP contribution in [0.4, 0.5) is 18.9 Å². The number of carbonyl (C=O) groups excluding carboxylic acids is 2. The van der Waals surface area contributed by atoms with Gasteiger partial charge in [0.25, 0.3) is 5.91 Å². The fourth-order valence-electron chi connectivity index (χ4n) is 4.32. The number of alkyl halides is 3. The van der Waals surface area contributed by atoms with Crippen molar-refractivity contribution in [3.05, 3.63) is 30.3 Å². The van der Waals surface area contributed by atoms with Gasteiger partial charge in [0.1, 0.15) is 24.3 Å². The van der Waals surface area contributed by atoms with E-state index in [-0.39, 0.29) is 5.91 Å². The van der Waals surface area contributed by atoms with E-state index in [1.807, 2.05) is 54.4 Å². The van der Waals surface area contributed by atoms with Gasteiger partial charge in [-0.2, -0.15) is 13.2 Å². The first kappa shape index (κ1) is 20.4. The van der Waals surface area contributed by atoms with Crippen LogP contribution in [0, 0.1) is 0 Å². The summed E-state index contributed by atoms with van der Waals surface area (Å²) in [5.41, 5.74) is -0.841. The molecule has 2 aliphatic rings. The smallest absolute Gasteiger partial charge is 0.345 e. The molecule has 1 aromatic rings. The van der Waals surface area contributed by atoms with Gasteiger partial charge in [-0.3, -0.25) is 9.59 Å². The summed E-state index contributed by atoms with van der Waals surface area (Å²) in [5.74, 6) is -1.04. The molecule has 2 saturated heterocycles. The van der Waals surface area contributed by atoms with Crippen LogP contribution in [0.5, 0.6) is 0 Å². The third kappa shape index (κ3) is 3.67. The van der Waals surface area contributed by atoms with Crippen molar-refractivity contribution < 1.29 is 22.8 Å². The summed E-state index contributed by atoms with van der Waals surface area (Å²) in [6.07, 6.45) is -3.37. The molecule has 6 nitrogen and oxygen atoms in total. The van der Waals surface area contributed by atoms with Crippen molar-refractivity contribution in [2.45, 2.75) is 44.1 Å². The topological polar surface area (TPSA) is 64.7 Å². The highest BCUT2D eigenvalue weighted by atomic mass is 19.4. The summed E-state index contributed by atoms with van der Waals surface area (Å²) >= 11 is 0. The Morgan fingerprint density at radius 1 is 1.18 bits per heavy atom. The molecule has 154 valence electrons. The number of nitrogens with zero attached hydrogens (tertiary/aromatic N) is 2. The van der Waals surface area contributed by atoms with Gasteiger partial charge in [-0.05, 0) is 51.9 Å². The van der Waals surface area contributed by atoms with Crippen LogP contribution < -0.4 is 15.5 Å². The largest absolute Gasteiger partial charge is 0.405 e. The molecule has 0 aliphatic carbocycles. The predicted molar refractivity (Wildman–Crippen MR) is 98.6 cm³/mol. The summed E-state index contributed by atoms with van der Waals surface area (Å²) in [6, 6.07) is 9.46. The maximum Gasteiger partial charge on any atom is 0.405 e. The van der Waals surface area contributed by atoms with Gasteiger partial charge in [0.2, 0.25) is 5.91 Å². The second-order valence-electron chi connectivity index (χ2n) is 7.73. The molecular weight excluding hydrogens is 373 g/mol. The maximum absolute atomic E-state index is 13.5. The molecule has 0 bridgehead atoms. The zero-order valence-electron chi connectivity index (χ0n) is 16.0. The molecule has 2 aliphatic heterocycles. The molecule has 0 atom stereocenters. The summed E-state index contributed by atoms with van der Waals surface area (Å²) < 4.78 is 37.3. The Morgan fingerprint density at radius 2 is 1.79 bits per heavy atom. The number of hydrogen-bond acceptors (Lipinski definition) is 4. The molecule has 0 radical (unpaired) electrons. The van der Waals surface area contributed by atoms with Gasteiger partial charge < -0.3 is 20.4 Å². The summed E-state index contributed by atoms with van der Waals surface area (Å²) in [5, 5.41) is 5.11. The van der Waals surface area contributed by atoms with Crippen LogP contribution in [-0.2, 0) is 9.59 Å². The van der Waals surface area contributed by atoms with Crippen LogP contribution in [0.15, 0.2) is 30.3 Å². The van der Waals surface area contributed by atoms with Gasteiger partial charge in [-0.1, -0.05) is 18.2 Å². The molecule has 1 spiro atoms. The zero-order chi connectivity index (χ0) is 20.6. The Kier molecular flexibility index (Phi) is 5.31. The maximum atomic E-state index is 13.5. The fraction of sp³-hybridized carbons (Fsp3) is 0.579. The van der Waals surface area contributed by atoms with E-state index in [1.54, 1.807) is 0 Å². The highest BCUT2D eigenvalue weighted by Crippen LogP contribution is 2.46. The normalized spacial score (nSPS) is 21.2.